The number of ether oxygens (including phenoxy) is 1. The zero-order chi connectivity index (χ0) is 23.4. The molecule has 0 aliphatic carbocycles. The summed E-state index contributed by atoms with van der Waals surface area (Å²) < 4.78 is 11.4. The molecule has 7 heteroatoms. The maximum absolute atomic E-state index is 10.7. The Balaban J connectivity index is 1.84. The van der Waals surface area contributed by atoms with Gasteiger partial charge in [-0.25, -0.2) is 9.78 Å². The number of hydrogen-bond donors (Lipinski definition) is 1. The van der Waals surface area contributed by atoms with Crippen LogP contribution in [-0.2, 0) is 11.2 Å². The first-order chi connectivity index (χ1) is 15.2. The van der Waals surface area contributed by atoms with Crippen LogP contribution in [0, 0.1) is 6.92 Å². The van der Waals surface area contributed by atoms with E-state index in [1.807, 2.05) is 32.0 Å². The van der Waals surface area contributed by atoms with Gasteiger partial charge in [-0.1, -0.05) is 49.2 Å². The van der Waals surface area contributed by atoms with E-state index in [1.165, 1.54) is 0 Å². The predicted octanol–water partition coefficient (Wildman–Crippen LogP) is 7.19. The molecule has 0 unspecified atom stereocenters. The van der Waals surface area contributed by atoms with E-state index >= 15 is 0 Å². The summed E-state index contributed by atoms with van der Waals surface area (Å²) in [7, 11) is 0. The maximum atomic E-state index is 10.7. The molecule has 0 fully saturated rings. The lowest BCUT2D eigenvalue weighted by atomic mass is 10.0. The number of nitrogens with zero attached hydrogens (tertiary/aromatic N) is 1. The highest BCUT2D eigenvalue weighted by Gasteiger charge is 2.18. The molecule has 0 spiro atoms. The largest absolute Gasteiger partial charge is 0.482 e. The molecule has 0 amide bonds. The second-order valence-corrected chi connectivity index (χ2v) is 8.71. The highest BCUT2D eigenvalue weighted by Crippen LogP contribution is 2.33. The average molecular weight is 474 g/mol. The lowest BCUT2D eigenvalue weighted by Gasteiger charge is -2.10. The van der Waals surface area contributed by atoms with Crippen LogP contribution in [0.5, 0.6) is 5.75 Å². The summed E-state index contributed by atoms with van der Waals surface area (Å²) in [6, 6.07) is 10.9. The number of aryl methyl sites for hydroxylation is 1. The number of aliphatic carboxylic acids is 1. The van der Waals surface area contributed by atoms with Crippen molar-refractivity contribution in [2.75, 3.05) is 6.61 Å². The van der Waals surface area contributed by atoms with E-state index in [1.54, 1.807) is 18.2 Å². The lowest BCUT2D eigenvalue weighted by Crippen LogP contribution is -2.10. The first-order valence-corrected chi connectivity index (χ1v) is 11.0. The Morgan fingerprint density at radius 2 is 1.97 bits per heavy atom. The third-order valence-corrected chi connectivity index (χ3v) is 5.54. The van der Waals surface area contributed by atoms with Gasteiger partial charge in [-0.3, -0.25) is 0 Å². The molecule has 0 aliphatic rings. The van der Waals surface area contributed by atoms with Gasteiger partial charge in [0.15, 0.2) is 6.61 Å². The zero-order valence-electron chi connectivity index (χ0n) is 18.4. The monoisotopic (exact) mass is 473 g/mol. The smallest absolute Gasteiger partial charge is 0.341 e. The van der Waals surface area contributed by atoms with Gasteiger partial charge in [0.1, 0.15) is 11.5 Å². The fourth-order valence-electron chi connectivity index (χ4n) is 3.30. The SMILES string of the molecule is CC(=CCc1nc(-c2ccc(Cl)cc2Cl)oc1C(C)C)c1ccc(OCC(=O)O)c(C)c1. The van der Waals surface area contributed by atoms with E-state index in [9.17, 15) is 4.79 Å². The molecule has 2 aromatic carbocycles. The van der Waals surface area contributed by atoms with Crippen molar-refractivity contribution in [2.45, 2.75) is 40.0 Å². The third kappa shape index (κ3) is 5.72. The summed E-state index contributed by atoms with van der Waals surface area (Å²) in [6.45, 7) is 7.68. The number of rotatable bonds is 8. The highest BCUT2D eigenvalue weighted by molar-refractivity contribution is 6.36. The van der Waals surface area contributed by atoms with E-state index < -0.39 is 5.97 Å². The third-order valence-electron chi connectivity index (χ3n) is 5.00. The van der Waals surface area contributed by atoms with E-state index in [0.29, 0.717) is 33.7 Å². The molecule has 0 saturated heterocycles. The van der Waals surface area contributed by atoms with Crippen molar-refractivity contribution >= 4 is 34.7 Å². The fourth-order valence-corrected chi connectivity index (χ4v) is 3.79. The number of carboxylic acids is 1. The minimum Gasteiger partial charge on any atom is -0.482 e. The van der Waals surface area contributed by atoms with Crippen molar-refractivity contribution in [3.8, 4) is 17.2 Å². The summed E-state index contributed by atoms with van der Waals surface area (Å²) in [5.74, 6) is 1.03. The molecule has 3 rings (SSSR count). The minimum atomic E-state index is -1.00. The Morgan fingerprint density at radius 3 is 2.59 bits per heavy atom. The number of carboxylic acid groups (broad SMARTS) is 1. The highest BCUT2D eigenvalue weighted by atomic mass is 35.5. The van der Waals surface area contributed by atoms with Crippen LogP contribution in [0.2, 0.25) is 10.0 Å². The number of allylic oxidation sites excluding steroid dienone is 2. The zero-order valence-corrected chi connectivity index (χ0v) is 19.9. The maximum Gasteiger partial charge on any atom is 0.341 e. The topological polar surface area (TPSA) is 72.6 Å². The van der Waals surface area contributed by atoms with E-state index in [2.05, 4.69) is 19.9 Å². The van der Waals surface area contributed by atoms with E-state index in [-0.39, 0.29) is 12.5 Å². The van der Waals surface area contributed by atoms with Gasteiger partial charge in [-0.2, -0.15) is 0 Å². The Labute approximate surface area is 197 Å². The molecule has 0 saturated carbocycles. The summed E-state index contributed by atoms with van der Waals surface area (Å²) in [4.78, 5) is 15.4. The lowest BCUT2D eigenvalue weighted by molar-refractivity contribution is -0.139. The van der Waals surface area contributed by atoms with Crippen molar-refractivity contribution < 1.29 is 19.1 Å². The number of carbonyl (C=O) groups is 1. The van der Waals surface area contributed by atoms with Crippen LogP contribution in [0.3, 0.4) is 0 Å². The van der Waals surface area contributed by atoms with Gasteiger partial charge < -0.3 is 14.3 Å². The van der Waals surface area contributed by atoms with Gasteiger partial charge in [0.05, 0.1) is 16.3 Å². The summed E-state index contributed by atoms with van der Waals surface area (Å²) in [5, 5.41) is 9.84. The van der Waals surface area contributed by atoms with E-state index in [0.717, 1.165) is 28.2 Å². The van der Waals surface area contributed by atoms with Crippen molar-refractivity contribution in [2.24, 2.45) is 0 Å². The quantitative estimate of drug-likeness (QED) is 0.374. The number of aromatic nitrogens is 1. The summed E-state index contributed by atoms with van der Waals surface area (Å²) in [5.41, 5.74) is 4.54. The molecule has 3 aromatic rings. The van der Waals surface area contributed by atoms with Crippen LogP contribution in [0.4, 0.5) is 0 Å². The number of oxazole rings is 1. The van der Waals surface area contributed by atoms with Crippen LogP contribution < -0.4 is 4.74 Å². The first-order valence-electron chi connectivity index (χ1n) is 10.2. The first kappa shape index (κ1) is 23.9. The van der Waals surface area contributed by atoms with Gasteiger partial charge in [0.25, 0.3) is 0 Å². The van der Waals surface area contributed by atoms with Crippen molar-refractivity contribution in [1.29, 1.82) is 0 Å². The van der Waals surface area contributed by atoms with Crippen molar-refractivity contribution in [3.05, 3.63) is 75.1 Å². The summed E-state index contributed by atoms with van der Waals surface area (Å²) >= 11 is 12.4. The van der Waals surface area contributed by atoms with Gasteiger partial charge in [0, 0.05) is 17.4 Å². The molecular weight excluding hydrogens is 449 g/mol. The molecule has 1 aromatic heterocycles. The molecule has 1 N–H and O–H groups in total. The number of hydrogen-bond acceptors (Lipinski definition) is 4. The fraction of sp³-hybridized carbons (Fsp3) is 0.280. The Kier molecular flexibility index (Phi) is 7.64. The standard InChI is InChI=1S/C25H25Cl2NO4/c1-14(2)24-21(28-25(32-24)19-8-7-18(26)12-20(19)27)9-5-15(3)17-6-10-22(16(4)11-17)31-13-23(29)30/h5-8,10-12,14H,9,13H2,1-4H3,(H,29,30). The van der Waals surface area contributed by atoms with Gasteiger partial charge in [0.2, 0.25) is 5.89 Å². The van der Waals surface area contributed by atoms with Crippen LogP contribution in [0.15, 0.2) is 46.9 Å². The van der Waals surface area contributed by atoms with Crippen molar-refractivity contribution in [1.82, 2.24) is 4.98 Å². The summed E-state index contributed by atoms with van der Waals surface area (Å²) in [6.07, 6.45) is 2.70. The molecule has 1 heterocycles. The van der Waals surface area contributed by atoms with Crippen LogP contribution in [0.1, 0.15) is 49.3 Å². The molecule has 0 radical (unpaired) electrons. The second kappa shape index (κ2) is 10.2. The Bertz CT molecular complexity index is 1160. The molecule has 5 nitrogen and oxygen atoms in total. The Morgan fingerprint density at radius 1 is 1.22 bits per heavy atom. The van der Waals surface area contributed by atoms with E-state index in [4.69, 9.17) is 42.4 Å². The molecule has 168 valence electrons. The van der Waals surface area contributed by atoms with Crippen molar-refractivity contribution in [3.63, 3.8) is 0 Å². The number of halogens is 2. The number of benzene rings is 2. The average Bonchev–Trinajstić information content (AvgIpc) is 3.15. The van der Waals surface area contributed by atoms with Gasteiger partial charge in [-0.05, 0) is 60.9 Å². The molecule has 0 atom stereocenters. The molecular formula is C25H25Cl2NO4. The Hall–Kier alpha value is -2.76. The van der Waals surface area contributed by atoms with Crippen LogP contribution >= 0.6 is 23.2 Å². The predicted molar refractivity (Wildman–Crippen MR) is 128 cm³/mol. The molecule has 0 bridgehead atoms. The van der Waals surface area contributed by atoms with Gasteiger partial charge >= 0.3 is 5.97 Å². The van der Waals surface area contributed by atoms with Gasteiger partial charge in [-0.15, -0.1) is 0 Å². The van der Waals surface area contributed by atoms with Crippen LogP contribution in [-0.4, -0.2) is 22.7 Å². The molecule has 0 aliphatic heterocycles. The normalized spacial score (nSPS) is 11.8. The van der Waals surface area contributed by atoms with Crippen LogP contribution in [0.25, 0.3) is 17.0 Å². The second-order valence-electron chi connectivity index (χ2n) is 7.86. The molecule has 32 heavy (non-hydrogen) atoms. The minimum absolute atomic E-state index is 0.166.